The molecule has 0 atom stereocenters. The van der Waals surface area contributed by atoms with E-state index < -0.39 is 0 Å². The maximum absolute atomic E-state index is 4.58. The van der Waals surface area contributed by atoms with Gasteiger partial charge in [-0.2, -0.15) is 5.10 Å². The molecule has 4 heterocycles. The Morgan fingerprint density at radius 1 is 1.28 bits per heavy atom. The quantitative estimate of drug-likeness (QED) is 0.719. The van der Waals surface area contributed by atoms with Crippen LogP contribution in [0.2, 0.25) is 0 Å². The van der Waals surface area contributed by atoms with Crippen LogP contribution in [0.25, 0.3) is 10.2 Å². The number of nitrogens with zero attached hydrogens (tertiary/aromatic N) is 6. The zero-order valence-corrected chi connectivity index (χ0v) is 15.8. The van der Waals surface area contributed by atoms with Gasteiger partial charge in [0, 0.05) is 49.4 Å². The van der Waals surface area contributed by atoms with Crippen LogP contribution in [0.4, 0.5) is 5.82 Å². The van der Waals surface area contributed by atoms with E-state index in [0.717, 1.165) is 43.1 Å². The van der Waals surface area contributed by atoms with Crippen LogP contribution >= 0.6 is 11.3 Å². The van der Waals surface area contributed by atoms with Gasteiger partial charge in [-0.05, 0) is 32.9 Å². The second-order valence-electron chi connectivity index (χ2n) is 6.93. The smallest absolute Gasteiger partial charge is 0.140 e. The first kappa shape index (κ1) is 16.5. The summed E-state index contributed by atoms with van der Waals surface area (Å²) in [4.78, 5) is 16.3. The second kappa shape index (κ2) is 6.72. The van der Waals surface area contributed by atoms with Crippen molar-refractivity contribution in [2.24, 2.45) is 7.05 Å². The molecule has 3 aromatic rings. The Kier molecular flexibility index (Phi) is 4.43. The first-order valence-corrected chi connectivity index (χ1v) is 9.55. The molecular formula is C18H24N6S. The van der Waals surface area contributed by atoms with Gasteiger partial charge in [0.05, 0.1) is 11.6 Å². The molecule has 132 valence electrons. The van der Waals surface area contributed by atoms with E-state index in [-0.39, 0.29) is 0 Å². The molecule has 0 N–H and O–H groups in total. The monoisotopic (exact) mass is 356 g/mol. The Morgan fingerprint density at radius 3 is 2.80 bits per heavy atom. The summed E-state index contributed by atoms with van der Waals surface area (Å²) in [7, 11) is 4.19. The number of fused-ring (bicyclic) bond motifs is 1. The second-order valence-corrected chi connectivity index (χ2v) is 8.16. The van der Waals surface area contributed by atoms with Crippen molar-refractivity contribution >= 4 is 27.4 Å². The van der Waals surface area contributed by atoms with E-state index in [4.69, 9.17) is 0 Å². The fourth-order valence-corrected chi connectivity index (χ4v) is 4.55. The molecule has 1 saturated heterocycles. The highest BCUT2D eigenvalue weighted by molar-refractivity contribution is 7.18. The van der Waals surface area contributed by atoms with Gasteiger partial charge in [0.15, 0.2) is 0 Å². The number of hydrogen-bond acceptors (Lipinski definition) is 6. The lowest BCUT2D eigenvalue weighted by molar-refractivity contribution is 0.200. The van der Waals surface area contributed by atoms with Gasteiger partial charge in [-0.3, -0.25) is 9.58 Å². The van der Waals surface area contributed by atoms with Crippen molar-refractivity contribution in [3.63, 3.8) is 0 Å². The van der Waals surface area contributed by atoms with Crippen LogP contribution in [0.1, 0.15) is 23.3 Å². The average molecular weight is 356 g/mol. The Morgan fingerprint density at radius 2 is 2.08 bits per heavy atom. The van der Waals surface area contributed by atoms with Crippen molar-refractivity contribution < 1.29 is 0 Å². The van der Waals surface area contributed by atoms with Crippen LogP contribution in [0.3, 0.4) is 0 Å². The number of rotatable bonds is 4. The summed E-state index contributed by atoms with van der Waals surface area (Å²) in [6, 6.07) is 2.83. The molecule has 0 radical (unpaired) electrons. The van der Waals surface area contributed by atoms with Gasteiger partial charge < -0.3 is 4.90 Å². The summed E-state index contributed by atoms with van der Waals surface area (Å²) in [6.07, 6.45) is 8.08. The molecule has 0 unspecified atom stereocenters. The third-order valence-electron chi connectivity index (χ3n) is 5.01. The van der Waals surface area contributed by atoms with Gasteiger partial charge in [0.2, 0.25) is 0 Å². The molecule has 0 spiro atoms. The number of thiophene rings is 1. The molecule has 0 saturated carbocycles. The third kappa shape index (κ3) is 3.39. The fourth-order valence-electron chi connectivity index (χ4n) is 3.70. The van der Waals surface area contributed by atoms with E-state index in [1.165, 1.54) is 15.8 Å². The van der Waals surface area contributed by atoms with Gasteiger partial charge in [0.1, 0.15) is 17.0 Å². The maximum Gasteiger partial charge on any atom is 0.140 e. The van der Waals surface area contributed by atoms with Gasteiger partial charge in [-0.15, -0.1) is 11.3 Å². The van der Waals surface area contributed by atoms with E-state index in [0.29, 0.717) is 6.04 Å². The molecule has 0 amide bonds. The molecule has 4 rings (SSSR count). The van der Waals surface area contributed by atoms with Crippen LogP contribution in [-0.4, -0.2) is 50.8 Å². The van der Waals surface area contributed by atoms with Crippen LogP contribution < -0.4 is 4.90 Å². The van der Waals surface area contributed by atoms with Gasteiger partial charge in [-0.1, -0.05) is 0 Å². The number of aryl methyl sites for hydroxylation is 2. The molecule has 1 aliphatic heterocycles. The molecule has 25 heavy (non-hydrogen) atoms. The SMILES string of the molecule is Cc1cc2c(N3CCC(N(C)Cc4cnn(C)c4)CC3)ncnc2s1. The molecule has 1 aliphatic rings. The van der Waals surface area contributed by atoms with E-state index in [1.807, 2.05) is 17.9 Å². The van der Waals surface area contributed by atoms with Crippen LogP contribution in [-0.2, 0) is 13.6 Å². The Balaban J connectivity index is 1.42. The largest absolute Gasteiger partial charge is 0.356 e. The first-order chi connectivity index (χ1) is 12.1. The summed E-state index contributed by atoms with van der Waals surface area (Å²) >= 11 is 1.75. The van der Waals surface area contributed by atoms with E-state index >= 15 is 0 Å². The van der Waals surface area contributed by atoms with E-state index in [2.05, 4.69) is 51.1 Å². The lowest BCUT2D eigenvalue weighted by Crippen LogP contribution is -2.43. The summed E-state index contributed by atoms with van der Waals surface area (Å²) in [5.74, 6) is 1.10. The van der Waals surface area contributed by atoms with Crippen LogP contribution in [0, 0.1) is 6.92 Å². The van der Waals surface area contributed by atoms with Crippen molar-refractivity contribution in [1.29, 1.82) is 0 Å². The van der Waals surface area contributed by atoms with Crippen LogP contribution in [0.15, 0.2) is 24.8 Å². The summed E-state index contributed by atoms with van der Waals surface area (Å²) in [6.45, 7) is 5.18. The summed E-state index contributed by atoms with van der Waals surface area (Å²) < 4.78 is 1.87. The van der Waals surface area contributed by atoms with Crippen molar-refractivity contribution in [1.82, 2.24) is 24.6 Å². The molecule has 6 nitrogen and oxygen atoms in total. The number of hydrogen-bond donors (Lipinski definition) is 0. The Labute approximate surface area is 152 Å². The predicted molar refractivity (Wildman–Crippen MR) is 102 cm³/mol. The number of piperidine rings is 1. The van der Waals surface area contributed by atoms with Crippen molar-refractivity contribution in [3.05, 3.63) is 35.2 Å². The number of aromatic nitrogens is 4. The van der Waals surface area contributed by atoms with E-state index in [1.54, 1.807) is 17.7 Å². The highest BCUT2D eigenvalue weighted by Crippen LogP contribution is 2.31. The van der Waals surface area contributed by atoms with Crippen LogP contribution in [0.5, 0.6) is 0 Å². The molecule has 0 bridgehead atoms. The minimum atomic E-state index is 0.609. The van der Waals surface area contributed by atoms with Gasteiger partial charge in [-0.25, -0.2) is 9.97 Å². The zero-order valence-electron chi connectivity index (χ0n) is 15.0. The molecule has 0 aromatic carbocycles. The summed E-state index contributed by atoms with van der Waals surface area (Å²) in [5, 5.41) is 5.47. The van der Waals surface area contributed by atoms with Gasteiger partial charge in [0.25, 0.3) is 0 Å². The van der Waals surface area contributed by atoms with Crippen molar-refractivity contribution in [2.45, 2.75) is 32.4 Å². The number of anilines is 1. The average Bonchev–Trinajstić information content (AvgIpc) is 3.19. The van der Waals surface area contributed by atoms with Crippen molar-refractivity contribution in [2.75, 3.05) is 25.0 Å². The minimum absolute atomic E-state index is 0.609. The molecule has 7 heteroatoms. The van der Waals surface area contributed by atoms with Crippen molar-refractivity contribution in [3.8, 4) is 0 Å². The fraction of sp³-hybridized carbons (Fsp3) is 0.500. The maximum atomic E-state index is 4.58. The standard InChI is InChI=1S/C18H24N6S/c1-13-8-16-17(19-12-20-18(16)25-13)24-6-4-15(5-7-24)22(2)10-14-9-21-23(3)11-14/h8-9,11-12,15H,4-7,10H2,1-3H3. The predicted octanol–water partition coefficient (Wildman–Crippen LogP) is 2.83. The zero-order chi connectivity index (χ0) is 17.4. The molecule has 3 aromatic heterocycles. The lowest BCUT2D eigenvalue weighted by atomic mass is 10.0. The molecule has 0 aliphatic carbocycles. The topological polar surface area (TPSA) is 50.1 Å². The summed E-state index contributed by atoms with van der Waals surface area (Å²) in [5.41, 5.74) is 1.28. The lowest BCUT2D eigenvalue weighted by Gasteiger charge is -2.37. The third-order valence-corrected chi connectivity index (χ3v) is 5.97. The molecular weight excluding hydrogens is 332 g/mol. The highest BCUT2D eigenvalue weighted by atomic mass is 32.1. The minimum Gasteiger partial charge on any atom is -0.356 e. The Bertz CT molecular complexity index is 861. The normalized spacial score (nSPS) is 16.2. The van der Waals surface area contributed by atoms with Gasteiger partial charge >= 0.3 is 0 Å². The van der Waals surface area contributed by atoms with E-state index in [9.17, 15) is 0 Å². The Hall–Kier alpha value is -1.99. The first-order valence-electron chi connectivity index (χ1n) is 8.74. The molecule has 1 fully saturated rings. The highest BCUT2D eigenvalue weighted by Gasteiger charge is 2.24.